The van der Waals surface area contributed by atoms with Gasteiger partial charge in [0.25, 0.3) is 0 Å². The zero-order valence-corrected chi connectivity index (χ0v) is 44.2. The molecule has 2 heterocycles. The van der Waals surface area contributed by atoms with Gasteiger partial charge in [-0.1, -0.05) is 212 Å². The van der Waals surface area contributed by atoms with Gasteiger partial charge in [-0.3, -0.25) is 0 Å². The summed E-state index contributed by atoms with van der Waals surface area (Å²) in [6.07, 6.45) is 0. The van der Waals surface area contributed by atoms with E-state index < -0.39 is 5.41 Å². The molecule has 4 nitrogen and oxygen atoms in total. The molecule has 2 aromatic heterocycles. The molecule has 0 saturated carbocycles. The number of furan rings is 1. The van der Waals surface area contributed by atoms with Crippen LogP contribution in [-0.4, -0.2) is 4.57 Å². The Labute approximate surface area is 469 Å². The van der Waals surface area contributed by atoms with Gasteiger partial charge in [-0.05, 0) is 147 Å². The van der Waals surface area contributed by atoms with E-state index in [-0.39, 0.29) is 0 Å². The Bertz CT molecular complexity index is 4790. The Morgan fingerprint density at radius 1 is 0.296 bits per heavy atom. The first-order valence-corrected chi connectivity index (χ1v) is 27.8. The van der Waals surface area contributed by atoms with Crippen molar-refractivity contribution in [2.45, 2.75) is 5.41 Å². The normalized spacial score (nSPS) is 12.5. The largest absolute Gasteiger partial charge is 0.456 e. The molecule has 1 aliphatic rings. The molecule has 0 spiro atoms. The van der Waals surface area contributed by atoms with Crippen molar-refractivity contribution in [3.8, 4) is 27.9 Å². The van der Waals surface area contributed by atoms with Crippen molar-refractivity contribution < 1.29 is 4.42 Å². The van der Waals surface area contributed by atoms with Gasteiger partial charge in [-0.2, -0.15) is 0 Å². The highest BCUT2D eigenvalue weighted by atomic mass is 16.3. The minimum absolute atomic E-state index is 0.608. The number of aromatic nitrogens is 1. The van der Waals surface area contributed by atoms with E-state index in [2.05, 4.69) is 318 Å². The summed E-state index contributed by atoms with van der Waals surface area (Å²) in [4.78, 5) is 4.86. The molecule has 0 amide bonds. The van der Waals surface area contributed by atoms with E-state index in [1.54, 1.807) is 0 Å². The molecule has 13 aromatic carbocycles. The number of para-hydroxylation sites is 4. The predicted octanol–water partition coefficient (Wildman–Crippen LogP) is 20.8. The van der Waals surface area contributed by atoms with Gasteiger partial charge in [0.1, 0.15) is 11.2 Å². The van der Waals surface area contributed by atoms with E-state index in [9.17, 15) is 0 Å². The van der Waals surface area contributed by atoms with Crippen LogP contribution in [-0.2, 0) is 5.41 Å². The molecule has 0 N–H and O–H groups in total. The summed E-state index contributed by atoms with van der Waals surface area (Å²) >= 11 is 0. The van der Waals surface area contributed by atoms with Gasteiger partial charge < -0.3 is 18.8 Å². The Kier molecular flexibility index (Phi) is 10.8. The highest BCUT2D eigenvalue weighted by molar-refractivity contribution is 6.19. The van der Waals surface area contributed by atoms with Crippen LogP contribution in [0, 0.1) is 0 Å². The lowest BCUT2D eigenvalue weighted by Crippen LogP contribution is -2.28. The molecule has 0 atom stereocenters. The number of hydrogen-bond donors (Lipinski definition) is 0. The lowest BCUT2D eigenvalue weighted by Gasteiger charge is -2.35. The second kappa shape index (κ2) is 18.8. The van der Waals surface area contributed by atoms with E-state index in [0.717, 1.165) is 78.4 Å². The first kappa shape index (κ1) is 46.4. The lowest BCUT2D eigenvalue weighted by molar-refractivity contribution is 0.669. The standard InChI is InChI=1S/C77H51N3O/c1-6-23-55(24-7-1)77(56-25-8-2-9-26-56)71-36-20-18-34-65(71)66-44-40-61(51-72(66)77)79(60-41-45-75-70(50-60)68-35-19-21-37-74(68)81-75)63-47-54(46-62(49-63)78(57-27-10-3-11-28-57)58-29-12-4-13-30-58)53-39-42-67-69-43-38-52-22-16-17-33-64(52)76(69)80(73(67)48-53)59-31-14-5-15-32-59/h1-51H. The van der Waals surface area contributed by atoms with Crippen LogP contribution in [0.25, 0.3) is 82.5 Å². The molecule has 16 rings (SSSR count). The minimum Gasteiger partial charge on any atom is -0.456 e. The maximum Gasteiger partial charge on any atom is 0.135 e. The van der Waals surface area contributed by atoms with E-state index in [1.165, 1.54) is 60.4 Å². The van der Waals surface area contributed by atoms with Gasteiger partial charge in [0.15, 0.2) is 0 Å². The second-order valence-electron chi connectivity index (χ2n) is 21.2. The SMILES string of the molecule is c1ccc(N(c2ccccc2)c2cc(-c3ccc4c5ccc6ccccc6c5n(-c5ccccc5)c4c3)cc(N(c3ccc4c(c3)C(c3ccccc3)(c3ccccc3)c3ccccc3-4)c3ccc4oc5ccccc5c4c3)c2)cc1. The second-order valence-corrected chi connectivity index (χ2v) is 21.2. The molecule has 0 bridgehead atoms. The molecule has 4 heteroatoms. The average Bonchev–Trinajstić information content (AvgIpc) is 4.40. The van der Waals surface area contributed by atoms with Crippen molar-refractivity contribution in [2.75, 3.05) is 9.80 Å². The number of nitrogens with zero attached hydrogens (tertiary/aromatic N) is 3. The molecular formula is C77H51N3O. The van der Waals surface area contributed by atoms with Crippen molar-refractivity contribution in [3.63, 3.8) is 0 Å². The molecule has 0 radical (unpaired) electrons. The van der Waals surface area contributed by atoms with E-state index in [0.29, 0.717) is 0 Å². The van der Waals surface area contributed by atoms with Crippen LogP contribution in [0.3, 0.4) is 0 Å². The summed E-state index contributed by atoms with van der Waals surface area (Å²) in [5, 5.41) is 7.00. The Hall–Kier alpha value is -10.7. The topological polar surface area (TPSA) is 24.6 Å². The van der Waals surface area contributed by atoms with E-state index in [1.807, 2.05) is 6.07 Å². The summed E-state index contributed by atoms with van der Waals surface area (Å²) in [6, 6.07) is 113. The van der Waals surface area contributed by atoms with E-state index in [4.69, 9.17) is 4.42 Å². The maximum atomic E-state index is 6.54. The van der Waals surface area contributed by atoms with Gasteiger partial charge >= 0.3 is 0 Å². The molecule has 0 unspecified atom stereocenters. The average molecular weight is 1030 g/mol. The zero-order chi connectivity index (χ0) is 53.4. The highest BCUT2D eigenvalue weighted by Gasteiger charge is 2.46. The van der Waals surface area contributed by atoms with Crippen LogP contribution in [0.15, 0.2) is 314 Å². The predicted molar refractivity (Wildman–Crippen MR) is 338 cm³/mol. The van der Waals surface area contributed by atoms with E-state index >= 15 is 0 Å². The van der Waals surface area contributed by atoms with Crippen LogP contribution in [0.5, 0.6) is 0 Å². The van der Waals surface area contributed by atoms with Gasteiger partial charge in [0.2, 0.25) is 0 Å². The smallest absolute Gasteiger partial charge is 0.135 e. The van der Waals surface area contributed by atoms with Crippen molar-refractivity contribution in [1.82, 2.24) is 4.57 Å². The van der Waals surface area contributed by atoms with Gasteiger partial charge in [0.05, 0.1) is 16.4 Å². The first-order chi connectivity index (χ1) is 40.2. The first-order valence-electron chi connectivity index (χ1n) is 27.8. The van der Waals surface area contributed by atoms with Crippen molar-refractivity contribution >= 4 is 88.6 Å². The summed E-state index contributed by atoms with van der Waals surface area (Å²) in [6.45, 7) is 0. The van der Waals surface area contributed by atoms with Crippen LogP contribution in [0.4, 0.5) is 34.1 Å². The van der Waals surface area contributed by atoms with Gasteiger partial charge in [0, 0.05) is 66.7 Å². The van der Waals surface area contributed by atoms with Gasteiger partial charge in [-0.25, -0.2) is 0 Å². The third kappa shape index (κ3) is 7.38. The monoisotopic (exact) mass is 1030 g/mol. The Morgan fingerprint density at radius 2 is 0.840 bits per heavy atom. The fraction of sp³-hybridized carbons (Fsp3) is 0.0130. The quantitative estimate of drug-likeness (QED) is 0.136. The third-order valence-corrected chi connectivity index (χ3v) is 16.8. The highest BCUT2D eigenvalue weighted by Crippen LogP contribution is 2.58. The molecule has 0 fully saturated rings. The molecular weight excluding hydrogens is 983 g/mol. The molecule has 1 aliphatic carbocycles. The fourth-order valence-corrected chi connectivity index (χ4v) is 13.3. The van der Waals surface area contributed by atoms with Crippen molar-refractivity contribution in [2.24, 2.45) is 0 Å². The molecule has 15 aromatic rings. The molecule has 380 valence electrons. The molecule has 0 aliphatic heterocycles. The van der Waals surface area contributed by atoms with Crippen molar-refractivity contribution in [3.05, 3.63) is 332 Å². The summed E-state index contributed by atoms with van der Waals surface area (Å²) in [7, 11) is 0. The van der Waals surface area contributed by atoms with Crippen LogP contribution < -0.4 is 9.80 Å². The summed E-state index contributed by atoms with van der Waals surface area (Å²) in [5.74, 6) is 0. The molecule has 0 saturated heterocycles. The Morgan fingerprint density at radius 3 is 1.56 bits per heavy atom. The number of fused-ring (bicyclic) bond motifs is 11. The molecule has 81 heavy (non-hydrogen) atoms. The lowest BCUT2D eigenvalue weighted by atomic mass is 9.67. The number of hydrogen-bond acceptors (Lipinski definition) is 3. The third-order valence-electron chi connectivity index (χ3n) is 16.8. The van der Waals surface area contributed by atoms with Gasteiger partial charge in [-0.15, -0.1) is 0 Å². The van der Waals surface area contributed by atoms with Crippen LogP contribution >= 0.6 is 0 Å². The van der Waals surface area contributed by atoms with Crippen LogP contribution in [0.1, 0.15) is 22.3 Å². The zero-order valence-electron chi connectivity index (χ0n) is 44.2. The summed E-state index contributed by atoms with van der Waals surface area (Å²) in [5.41, 5.74) is 20.3. The number of rotatable bonds is 10. The number of benzene rings is 13. The number of anilines is 6. The van der Waals surface area contributed by atoms with Crippen molar-refractivity contribution in [1.29, 1.82) is 0 Å². The Balaban J connectivity index is 0.998. The van der Waals surface area contributed by atoms with Crippen LogP contribution in [0.2, 0.25) is 0 Å². The minimum atomic E-state index is -0.608. The fourth-order valence-electron chi connectivity index (χ4n) is 13.3. The maximum absolute atomic E-state index is 6.54. The summed E-state index contributed by atoms with van der Waals surface area (Å²) < 4.78 is 9.01.